The normalized spacial score (nSPS) is 19.7. The third kappa shape index (κ3) is 4.93. The van der Waals surface area contributed by atoms with Crippen LogP contribution in [0.4, 0.5) is 19.1 Å². The molecule has 0 amide bonds. The highest BCUT2D eigenvalue weighted by Crippen LogP contribution is 2.26. The van der Waals surface area contributed by atoms with Crippen LogP contribution >= 0.6 is 12.6 Å². The van der Waals surface area contributed by atoms with Crippen molar-refractivity contribution >= 4 is 18.6 Å². The molecule has 2 heterocycles. The summed E-state index contributed by atoms with van der Waals surface area (Å²) in [4.78, 5) is 10.9. The maximum atomic E-state index is 13.7. The second-order valence-corrected chi connectivity index (χ2v) is 7.44. The first-order valence-corrected chi connectivity index (χ1v) is 9.46. The highest BCUT2D eigenvalue weighted by molar-refractivity contribution is 7.81. The van der Waals surface area contributed by atoms with E-state index in [-0.39, 0.29) is 30.1 Å². The number of aromatic nitrogens is 2. The zero-order valence-corrected chi connectivity index (χ0v) is 15.9. The molecule has 2 unspecified atom stereocenters. The number of aryl methyl sites for hydroxylation is 1. The van der Waals surface area contributed by atoms with Crippen molar-refractivity contribution in [1.29, 1.82) is 0 Å². The molecule has 1 aromatic carbocycles. The van der Waals surface area contributed by atoms with Crippen molar-refractivity contribution in [2.45, 2.75) is 44.1 Å². The van der Waals surface area contributed by atoms with Crippen LogP contribution in [0.2, 0.25) is 0 Å². The molecule has 0 radical (unpaired) electrons. The fourth-order valence-corrected chi connectivity index (χ4v) is 3.61. The van der Waals surface area contributed by atoms with Crippen molar-refractivity contribution in [2.75, 3.05) is 18.1 Å². The number of benzene rings is 1. The highest BCUT2D eigenvalue weighted by Gasteiger charge is 2.32. The Balaban J connectivity index is 1.62. The minimum absolute atomic E-state index is 0.0129. The van der Waals surface area contributed by atoms with Gasteiger partial charge in [-0.25, -0.2) is 23.1 Å². The number of nitrogens with zero attached hydrogens (tertiary/aromatic N) is 3. The third-order valence-corrected chi connectivity index (χ3v) is 4.91. The molecule has 1 aliphatic heterocycles. The van der Waals surface area contributed by atoms with Gasteiger partial charge in [0.05, 0.1) is 19.3 Å². The Morgan fingerprint density at radius 1 is 1.15 bits per heavy atom. The standard InChI is InChI=1S/C19H22F3N3OS/c1-2-3-12-7-23-19(24-8-12)25-9-15(27)5-14(25)11-26-10-13-4-17(21)18(22)6-16(13)20/h4,6-8,14-15,27H,2-3,5,9-11H2,1H3. The third-order valence-electron chi connectivity index (χ3n) is 4.54. The summed E-state index contributed by atoms with van der Waals surface area (Å²) in [6.45, 7) is 2.93. The summed E-state index contributed by atoms with van der Waals surface area (Å²) in [7, 11) is 0. The van der Waals surface area contributed by atoms with E-state index >= 15 is 0 Å². The maximum Gasteiger partial charge on any atom is 0.225 e. The number of anilines is 1. The summed E-state index contributed by atoms with van der Waals surface area (Å²) in [6, 6.07) is 1.34. The van der Waals surface area contributed by atoms with Gasteiger partial charge in [0, 0.05) is 35.8 Å². The Morgan fingerprint density at radius 2 is 1.85 bits per heavy atom. The molecular formula is C19H22F3N3OS. The number of halogens is 3. The number of ether oxygens (including phenoxy) is 1. The highest BCUT2D eigenvalue weighted by atomic mass is 32.1. The maximum absolute atomic E-state index is 13.7. The molecule has 1 saturated heterocycles. The van der Waals surface area contributed by atoms with Crippen LogP contribution in [0, 0.1) is 17.5 Å². The lowest BCUT2D eigenvalue weighted by atomic mass is 10.2. The predicted octanol–water partition coefficient (Wildman–Crippen LogP) is 3.94. The fraction of sp³-hybridized carbons (Fsp3) is 0.474. The first-order valence-electron chi connectivity index (χ1n) is 8.94. The quantitative estimate of drug-likeness (QED) is 0.567. The lowest BCUT2D eigenvalue weighted by molar-refractivity contribution is 0.106. The predicted molar refractivity (Wildman–Crippen MR) is 101 cm³/mol. The van der Waals surface area contributed by atoms with Gasteiger partial charge in [-0.05, 0) is 24.5 Å². The van der Waals surface area contributed by atoms with Crippen LogP contribution in [0.15, 0.2) is 24.5 Å². The zero-order valence-electron chi connectivity index (χ0n) is 15.0. The van der Waals surface area contributed by atoms with Crippen molar-refractivity contribution in [2.24, 2.45) is 0 Å². The van der Waals surface area contributed by atoms with Gasteiger partial charge in [0.2, 0.25) is 5.95 Å². The Bertz CT molecular complexity index is 776. The van der Waals surface area contributed by atoms with Crippen molar-refractivity contribution in [3.05, 3.63) is 53.1 Å². The monoisotopic (exact) mass is 397 g/mol. The summed E-state index contributed by atoms with van der Waals surface area (Å²) in [5.74, 6) is -2.51. The van der Waals surface area contributed by atoms with Gasteiger partial charge in [-0.3, -0.25) is 0 Å². The van der Waals surface area contributed by atoms with Crippen LogP contribution in [-0.2, 0) is 17.8 Å². The smallest absolute Gasteiger partial charge is 0.225 e. The molecule has 0 spiro atoms. The minimum atomic E-state index is -1.21. The fourth-order valence-electron chi connectivity index (χ4n) is 3.19. The molecule has 0 bridgehead atoms. The first-order chi connectivity index (χ1) is 13.0. The molecule has 146 valence electrons. The summed E-state index contributed by atoms with van der Waals surface area (Å²) >= 11 is 4.54. The topological polar surface area (TPSA) is 38.2 Å². The van der Waals surface area contributed by atoms with E-state index in [0.717, 1.165) is 30.9 Å². The number of rotatable bonds is 7. The van der Waals surface area contributed by atoms with Gasteiger partial charge in [-0.1, -0.05) is 13.3 Å². The van der Waals surface area contributed by atoms with Crippen molar-refractivity contribution in [3.8, 4) is 0 Å². The summed E-state index contributed by atoms with van der Waals surface area (Å²) in [6.07, 6.45) is 6.38. The molecule has 0 aliphatic carbocycles. The average molecular weight is 397 g/mol. The van der Waals surface area contributed by atoms with E-state index in [4.69, 9.17) is 4.74 Å². The second kappa shape index (κ2) is 8.93. The molecule has 0 N–H and O–H groups in total. The molecule has 1 aromatic heterocycles. The molecule has 1 aliphatic rings. The van der Waals surface area contributed by atoms with E-state index in [2.05, 4.69) is 29.5 Å². The van der Waals surface area contributed by atoms with E-state index in [1.54, 1.807) is 0 Å². The number of hydrogen-bond donors (Lipinski definition) is 1. The van der Waals surface area contributed by atoms with Crippen LogP contribution in [0.5, 0.6) is 0 Å². The largest absolute Gasteiger partial charge is 0.375 e. The van der Waals surface area contributed by atoms with E-state index in [1.807, 2.05) is 17.3 Å². The van der Waals surface area contributed by atoms with Crippen LogP contribution < -0.4 is 4.90 Å². The first kappa shape index (κ1) is 19.9. The van der Waals surface area contributed by atoms with E-state index in [0.29, 0.717) is 18.6 Å². The molecule has 2 atom stereocenters. The van der Waals surface area contributed by atoms with Gasteiger partial charge in [0.1, 0.15) is 5.82 Å². The van der Waals surface area contributed by atoms with Crippen LogP contribution in [0.3, 0.4) is 0 Å². The van der Waals surface area contributed by atoms with E-state index in [9.17, 15) is 13.2 Å². The lowest BCUT2D eigenvalue weighted by Crippen LogP contribution is -2.34. The van der Waals surface area contributed by atoms with Gasteiger partial charge in [0.25, 0.3) is 0 Å². The van der Waals surface area contributed by atoms with Gasteiger partial charge >= 0.3 is 0 Å². The molecule has 4 nitrogen and oxygen atoms in total. The van der Waals surface area contributed by atoms with Crippen LogP contribution in [-0.4, -0.2) is 34.4 Å². The van der Waals surface area contributed by atoms with E-state index < -0.39 is 17.5 Å². The van der Waals surface area contributed by atoms with Gasteiger partial charge in [-0.15, -0.1) is 0 Å². The van der Waals surface area contributed by atoms with Crippen LogP contribution in [0.25, 0.3) is 0 Å². The lowest BCUT2D eigenvalue weighted by Gasteiger charge is -2.24. The van der Waals surface area contributed by atoms with E-state index in [1.165, 1.54) is 0 Å². The summed E-state index contributed by atoms with van der Waals surface area (Å²) in [5, 5.41) is 0.150. The Hall–Kier alpha value is -1.80. The molecule has 27 heavy (non-hydrogen) atoms. The van der Waals surface area contributed by atoms with Crippen LogP contribution in [0.1, 0.15) is 30.9 Å². The number of thiol groups is 1. The minimum Gasteiger partial charge on any atom is -0.375 e. The van der Waals surface area contributed by atoms with Gasteiger partial charge < -0.3 is 9.64 Å². The summed E-state index contributed by atoms with van der Waals surface area (Å²) < 4.78 is 45.6. The molecule has 2 aromatic rings. The Morgan fingerprint density at radius 3 is 2.56 bits per heavy atom. The van der Waals surface area contributed by atoms with Crippen molar-refractivity contribution < 1.29 is 17.9 Å². The Labute approximate surface area is 162 Å². The van der Waals surface area contributed by atoms with Crippen molar-refractivity contribution in [1.82, 2.24) is 9.97 Å². The van der Waals surface area contributed by atoms with Gasteiger partial charge in [-0.2, -0.15) is 12.6 Å². The molecule has 3 rings (SSSR count). The second-order valence-electron chi connectivity index (χ2n) is 6.71. The zero-order chi connectivity index (χ0) is 19.4. The molecule has 8 heteroatoms. The van der Waals surface area contributed by atoms with Gasteiger partial charge in [0.15, 0.2) is 11.6 Å². The number of hydrogen-bond acceptors (Lipinski definition) is 5. The molecule has 0 saturated carbocycles. The van der Waals surface area contributed by atoms with Crippen molar-refractivity contribution in [3.63, 3.8) is 0 Å². The SMILES string of the molecule is CCCc1cnc(N2CC(S)CC2COCc2cc(F)c(F)cc2F)nc1. The summed E-state index contributed by atoms with van der Waals surface area (Å²) in [5.41, 5.74) is 1.07. The average Bonchev–Trinajstić information content (AvgIpc) is 3.01. The molecular weight excluding hydrogens is 375 g/mol. The molecule has 1 fully saturated rings. The Kier molecular flexibility index (Phi) is 6.59.